The number of H-pyrrole nitrogens is 1. The number of hydrogen-bond acceptors (Lipinski definition) is 2. The zero-order valence-electron chi connectivity index (χ0n) is 11.5. The third kappa shape index (κ3) is 4.23. The molecule has 2 rings (SSSR count). The number of aryl methyl sites for hydroxylation is 1. The van der Waals surface area contributed by atoms with E-state index in [1.165, 1.54) is 0 Å². The molecule has 0 fully saturated rings. The fourth-order valence-corrected chi connectivity index (χ4v) is 2.77. The third-order valence-corrected chi connectivity index (χ3v) is 3.84. The molecule has 0 amide bonds. The summed E-state index contributed by atoms with van der Waals surface area (Å²) in [5, 5.41) is 4.94. The van der Waals surface area contributed by atoms with Crippen molar-refractivity contribution in [3.8, 4) is 0 Å². The molecule has 0 saturated heterocycles. The average molecular weight is 312 g/mol. The third-order valence-electron chi connectivity index (χ3n) is 3.28. The molecular formula is C15H19Cl2N3. The van der Waals surface area contributed by atoms with Crippen molar-refractivity contribution < 1.29 is 0 Å². The van der Waals surface area contributed by atoms with Gasteiger partial charge < -0.3 is 10.3 Å². The van der Waals surface area contributed by atoms with E-state index in [0.717, 1.165) is 42.2 Å². The maximum absolute atomic E-state index is 6.26. The lowest BCUT2D eigenvalue weighted by Gasteiger charge is -2.18. The molecule has 0 bridgehead atoms. The Labute approximate surface area is 129 Å². The van der Waals surface area contributed by atoms with Crippen molar-refractivity contribution in [2.45, 2.75) is 32.2 Å². The van der Waals surface area contributed by atoms with E-state index in [2.05, 4.69) is 22.2 Å². The molecule has 0 radical (unpaired) electrons. The summed E-state index contributed by atoms with van der Waals surface area (Å²) in [6.07, 6.45) is 6.61. The monoisotopic (exact) mass is 311 g/mol. The Balaban J connectivity index is 1.85. The van der Waals surface area contributed by atoms with Gasteiger partial charge in [-0.1, -0.05) is 36.2 Å². The topological polar surface area (TPSA) is 40.7 Å². The lowest BCUT2D eigenvalue weighted by atomic mass is 10.0. The van der Waals surface area contributed by atoms with Crippen molar-refractivity contribution in [1.82, 2.24) is 15.3 Å². The summed E-state index contributed by atoms with van der Waals surface area (Å²) in [7, 11) is 0. The van der Waals surface area contributed by atoms with Gasteiger partial charge in [0.05, 0.1) is 0 Å². The molecule has 0 aliphatic carbocycles. The van der Waals surface area contributed by atoms with E-state index in [-0.39, 0.29) is 6.04 Å². The minimum absolute atomic E-state index is 0.261. The first-order valence-corrected chi connectivity index (χ1v) is 7.63. The fourth-order valence-electron chi connectivity index (χ4n) is 2.23. The summed E-state index contributed by atoms with van der Waals surface area (Å²) >= 11 is 12.2. The van der Waals surface area contributed by atoms with Crippen LogP contribution in [0.25, 0.3) is 0 Å². The van der Waals surface area contributed by atoms with Crippen LogP contribution in [0.2, 0.25) is 10.0 Å². The van der Waals surface area contributed by atoms with Gasteiger partial charge in [0.1, 0.15) is 5.82 Å². The number of aromatic nitrogens is 2. The van der Waals surface area contributed by atoms with Crippen molar-refractivity contribution >= 4 is 23.2 Å². The number of imidazole rings is 1. The normalized spacial score (nSPS) is 12.6. The molecule has 0 aliphatic rings. The van der Waals surface area contributed by atoms with Gasteiger partial charge in [-0.3, -0.25) is 0 Å². The molecule has 1 aromatic heterocycles. The maximum Gasteiger partial charge on any atom is 0.106 e. The van der Waals surface area contributed by atoms with E-state index < -0.39 is 0 Å². The second-order valence-electron chi connectivity index (χ2n) is 4.72. The second kappa shape index (κ2) is 7.67. The molecule has 2 N–H and O–H groups in total. The van der Waals surface area contributed by atoms with Gasteiger partial charge in [-0.05, 0) is 37.1 Å². The zero-order chi connectivity index (χ0) is 14.4. The number of hydrogen-bond donors (Lipinski definition) is 2. The minimum Gasteiger partial charge on any atom is -0.349 e. The van der Waals surface area contributed by atoms with Crippen LogP contribution in [0.4, 0.5) is 0 Å². The summed E-state index contributed by atoms with van der Waals surface area (Å²) in [6, 6.07) is 5.94. The standard InChI is InChI=1S/C15H19Cl2N3/c1-2-14(12-6-5-11(16)10-13(12)17)18-7-3-4-15-19-8-9-20-15/h5-6,8-10,14,18H,2-4,7H2,1H3,(H,19,20). The Morgan fingerprint density at radius 1 is 1.35 bits per heavy atom. The van der Waals surface area contributed by atoms with Crippen molar-refractivity contribution in [3.05, 3.63) is 52.0 Å². The molecule has 108 valence electrons. The molecule has 20 heavy (non-hydrogen) atoms. The quantitative estimate of drug-likeness (QED) is 0.744. The molecule has 3 nitrogen and oxygen atoms in total. The Bertz CT molecular complexity index is 526. The predicted molar refractivity (Wildman–Crippen MR) is 84.4 cm³/mol. The van der Waals surface area contributed by atoms with Crippen molar-refractivity contribution in [2.24, 2.45) is 0 Å². The van der Waals surface area contributed by atoms with Gasteiger partial charge in [-0.2, -0.15) is 0 Å². The number of nitrogens with zero attached hydrogens (tertiary/aromatic N) is 1. The van der Waals surface area contributed by atoms with E-state index in [1.807, 2.05) is 18.3 Å². The van der Waals surface area contributed by atoms with Gasteiger partial charge in [0.25, 0.3) is 0 Å². The smallest absolute Gasteiger partial charge is 0.106 e. The Kier molecular flexibility index (Phi) is 5.89. The summed E-state index contributed by atoms with van der Waals surface area (Å²) in [5.74, 6) is 1.03. The molecule has 0 aliphatic heterocycles. The molecule has 0 spiro atoms. The van der Waals surface area contributed by atoms with E-state index in [0.29, 0.717) is 5.02 Å². The number of aromatic amines is 1. The van der Waals surface area contributed by atoms with Gasteiger partial charge in [-0.25, -0.2) is 4.98 Å². The second-order valence-corrected chi connectivity index (χ2v) is 5.56. The van der Waals surface area contributed by atoms with E-state index >= 15 is 0 Å². The summed E-state index contributed by atoms with van der Waals surface area (Å²) in [6.45, 7) is 3.08. The first kappa shape index (κ1) is 15.4. The van der Waals surface area contributed by atoms with E-state index in [1.54, 1.807) is 12.3 Å². The maximum atomic E-state index is 6.26. The van der Waals surface area contributed by atoms with Crippen LogP contribution in [-0.4, -0.2) is 16.5 Å². The van der Waals surface area contributed by atoms with Crippen LogP contribution >= 0.6 is 23.2 Å². The van der Waals surface area contributed by atoms with Crippen LogP contribution in [0.1, 0.15) is 37.2 Å². The summed E-state index contributed by atoms with van der Waals surface area (Å²) < 4.78 is 0. The van der Waals surface area contributed by atoms with Crippen LogP contribution < -0.4 is 5.32 Å². The van der Waals surface area contributed by atoms with Crippen LogP contribution in [0.5, 0.6) is 0 Å². The summed E-state index contributed by atoms with van der Waals surface area (Å²) in [5.41, 5.74) is 1.11. The van der Waals surface area contributed by atoms with Crippen LogP contribution in [0.15, 0.2) is 30.6 Å². The number of halogens is 2. The molecule has 5 heteroatoms. The molecule has 1 heterocycles. The van der Waals surface area contributed by atoms with Gasteiger partial charge in [0.15, 0.2) is 0 Å². The van der Waals surface area contributed by atoms with E-state index in [9.17, 15) is 0 Å². The molecule has 1 unspecified atom stereocenters. The van der Waals surface area contributed by atoms with E-state index in [4.69, 9.17) is 23.2 Å². The van der Waals surface area contributed by atoms with Crippen LogP contribution in [0.3, 0.4) is 0 Å². The van der Waals surface area contributed by atoms with Gasteiger partial charge in [0.2, 0.25) is 0 Å². The van der Waals surface area contributed by atoms with Gasteiger partial charge >= 0.3 is 0 Å². The number of nitrogens with one attached hydrogen (secondary N) is 2. The molecule has 0 saturated carbocycles. The van der Waals surface area contributed by atoms with Crippen molar-refractivity contribution in [2.75, 3.05) is 6.54 Å². The highest BCUT2D eigenvalue weighted by Gasteiger charge is 2.12. The molecule has 2 aromatic rings. The molecule has 1 atom stereocenters. The largest absolute Gasteiger partial charge is 0.349 e. The predicted octanol–water partition coefficient (Wildman–Crippen LogP) is 4.39. The van der Waals surface area contributed by atoms with Crippen LogP contribution in [-0.2, 0) is 6.42 Å². The minimum atomic E-state index is 0.261. The molecule has 1 aromatic carbocycles. The van der Waals surface area contributed by atoms with Gasteiger partial charge in [-0.15, -0.1) is 0 Å². The Morgan fingerprint density at radius 2 is 2.20 bits per heavy atom. The lowest BCUT2D eigenvalue weighted by molar-refractivity contribution is 0.508. The first-order valence-electron chi connectivity index (χ1n) is 6.87. The Hall–Kier alpha value is -1.03. The lowest BCUT2D eigenvalue weighted by Crippen LogP contribution is -2.22. The average Bonchev–Trinajstić information content (AvgIpc) is 2.93. The van der Waals surface area contributed by atoms with Crippen molar-refractivity contribution in [1.29, 1.82) is 0 Å². The number of benzene rings is 1. The highest BCUT2D eigenvalue weighted by Crippen LogP contribution is 2.27. The fraction of sp³-hybridized carbons (Fsp3) is 0.400. The van der Waals surface area contributed by atoms with Gasteiger partial charge in [0, 0.05) is 34.9 Å². The highest BCUT2D eigenvalue weighted by molar-refractivity contribution is 6.35. The zero-order valence-corrected chi connectivity index (χ0v) is 13.0. The molecular weight excluding hydrogens is 293 g/mol. The first-order chi connectivity index (χ1) is 9.70. The SMILES string of the molecule is CCC(NCCCc1ncc[nH]1)c1ccc(Cl)cc1Cl. The Morgan fingerprint density at radius 3 is 2.85 bits per heavy atom. The summed E-state index contributed by atoms with van der Waals surface area (Å²) in [4.78, 5) is 7.33. The number of rotatable bonds is 7. The highest BCUT2D eigenvalue weighted by atomic mass is 35.5. The van der Waals surface area contributed by atoms with Crippen LogP contribution in [0, 0.1) is 0 Å². The van der Waals surface area contributed by atoms with Crippen molar-refractivity contribution in [3.63, 3.8) is 0 Å².